The zero-order valence-electron chi connectivity index (χ0n) is 13.5. The summed E-state index contributed by atoms with van der Waals surface area (Å²) in [4.78, 5) is 17.3. The van der Waals surface area contributed by atoms with Gasteiger partial charge in [0.15, 0.2) is 0 Å². The van der Waals surface area contributed by atoms with Crippen molar-refractivity contribution in [2.45, 2.75) is 12.8 Å². The molecule has 3 rings (SSSR count). The van der Waals surface area contributed by atoms with E-state index in [0.29, 0.717) is 6.61 Å². The van der Waals surface area contributed by atoms with E-state index in [0.717, 1.165) is 22.7 Å². The van der Waals surface area contributed by atoms with Gasteiger partial charge >= 0.3 is 5.97 Å². The molecule has 0 saturated carbocycles. The van der Waals surface area contributed by atoms with Crippen molar-refractivity contribution in [3.63, 3.8) is 0 Å². The van der Waals surface area contributed by atoms with E-state index in [1.165, 1.54) is 6.92 Å². The summed E-state index contributed by atoms with van der Waals surface area (Å²) in [6, 6.07) is 16.1. The summed E-state index contributed by atoms with van der Waals surface area (Å²) in [5.74, 6) is 0.571. The van der Waals surface area contributed by atoms with Gasteiger partial charge in [0.1, 0.15) is 19.0 Å². The Balaban J connectivity index is 1.72. The van der Waals surface area contributed by atoms with Crippen LogP contribution in [0.4, 0.5) is 0 Å². The number of esters is 1. The van der Waals surface area contributed by atoms with Gasteiger partial charge in [-0.05, 0) is 42.0 Å². The Hall–Kier alpha value is -2.95. The minimum Gasteiger partial charge on any atom is -0.490 e. The number of rotatable bonds is 7. The van der Waals surface area contributed by atoms with Gasteiger partial charge in [0.25, 0.3) is 0 Å². The SMILES string of the molecule is CC(=O)OCCOc1ccc(C(c2ccc[nH]2)c2ccc[nH]2)cc1. The third-order valence-electron chi connectivity index (χ3n) is 3.74. The summed E-state index contributed by atoms with van der Waals surface area (Å²) in [5.41, 5.74) is 3.41. The van der Waals surface area contributed by atoms with Gasteiger partial charge in [0, 0.05) is 30.7 Å². The van der Waals surface area contributed by atoms with Gasteiger partial charge in [-0.25, -0.2) is 0 Å². The molecule has 24 heavy (non-hydrogen) atoms. The van der Waals surface area contributed by atoms with Gasteiger partial charge in [-0.2, -0.15) is 0 Å². The Labute approximate surface area is 140 Å². The van der Waals surface area contributed by atoms with Gasteiger partial charge in [-0.1, -0.05) is 12.1 Å². The summed E-state index contributed by atoms with van der Waals surface area (Å²) >= 11 is 0. The third-order valence-corrected chi connectivity index (χ3v) is 3.74. The number of hydrogen-bond donors (Lipinski definition) is 2. The number of carbonyl (C=O) groups is 1. The van der Waals surface area contributed by atoms with Crippen LogP contribution in [0, 0.1) is 0 Å². The molecular formula is C19H20N2O3. The molecule has 0 fully saturated rings. The molecule has 2 N–H and O–H groups in total. The van der Waals surface area contributed by atoms with Crippen molar-refractivity contribution in [3.05, 3.63) is 77.9 Å². The predicted octanol–water partition coefficient (Wildman–Crippen LogP) is 3.46. The van der Waals surface area contributed by atoms with Crippen molar-refractivity contribution >= 4 is 5.97 Å². The fourth-order valence-corrected chi connectivity index (χ4v) is 2.68. The Morgan fingerprint density at radius 1 is 0.958 bits per heavy atom. The minimum absolute atomic E-state index is 0.116. The molecule has 0 unspecified atom stereocenters. The summed E-state index contributed by atoms with van der Waals surface area (Å²) in [5, 5.41) is 0. The lowest BCUT2D eigenvalue weighted by Gasteiger charge is -2.16. The first-order valence-electron chi connectivity index (χ1n) is 7.87. The maximum absolute atomic E-state index is 10.7. The van der Waals surface area contributed by atoms with Gasteiger partial charge in [0.05, 0.1) is 5.92 Å². The lowest BCUT2D eigenvalue weighted by atomic mass is 9.92. The monoisotopic (exact) mass is 324 g/mol. The number of hydrogen-bond acceptors (Lipinski definition) is 3. The second kappa shape index (κ2) is 7.55. The van der Waals surface area contributed by atoms with E-state index >= 15 is 0 Å². The first-order valence-corrected chi connectivity index (χ1v) is 7.87. The van der Waals surface area contributed by atoms with Crippen molar-refractivity contribution < 1.29 is 14.3 Å². The standard InChI is InChI=1S/C19H20N2O3/c1-14(22)23-12-13-24-16-8-6-15(7-9-16)19(17-4-2-10-20-17)18-5-3-11-21-18/h2-11,19-21H,12-13H2,1H3. The topological polar surface area (TPSA) is 67.1 Å². The highest BCUT2D eigenvalue weighted by Crippen LogP contribution is 2.30. The van der Waals surface area contributed by atoms with E-state index in [2.05, 4.69) is 22.1 Å². The second-order valence-electron chi connectivity index (χ2n) is 5.44. The molecule has 0 aliphatic heterocycles. The van der Waals surface area contributed by atoms with E-state index in [4.69, 9.17) is 9.47 Å². The van der Waals surface area contributed by atoms with Crippen LogP contribution in [0.1, 0.15) is 29.8 Å². The number of nitrogens with one attached hydrogen (secondary N) is 2. The van der Waals surface area contributed by atoms with Gasteiger partial charge < -0.3 is 19.4 Å². The van der Waals surface area contributed by atoms with Crippen LogP contribution >= 0.6 is 0 Å². The van der Waals surface area contributed by atoms with Crippen LogP contribution in [0.3, 0.4) is 0 Å². The number of carbonyl (C=O) groups excluding carboxylic acids is 1. The largest absolute Gasteiger partial charge is 0.490 e. The van der Waals surface area contributed by atoms with Crippen molar-refractivity contribution in [3.8, 4) is 5.75 Å². The summed E-state index contributed by atoms with van der Waals surface area (Å²) < 4.78 is 10.4. The van der Waals surface area contributed by atoms with Gasteiger partial charge in [0.2, 0.25) is 0 Å². The molecule has 5 heteroatoms. The molecule has 2 aromatic heterocycles. The van der Waals surface area contributed by atoms with Gasteiger partial charge in [-0.3, -0.25) is 4.79 Å². The normalized spacial score (nSPS) is 10.8. The number of H-pyrrole nitrogens is 2. The van der Waals surface area contributed by atoms with E-state index in [-0.39, 0.29) is 18.5 Å². The fraction of sp³-hybridized carbons (Fsp3) is 0.211. The van der Waals surface area contributed by atoms with Crippen LogP contribution in [0.2, 0.25) is 0 Å². The Morgan fingerprint density at radius 3 is 2.08 bits per heavy atom. The predicted molar refractivity (Wildman–Crippen MR) is 91.1 cm³/mol. The molecule has 0 aliphatic rings. The van der Waals surface area contributed by atoms with E-state index in [9.17, 15) is 4.79 Å². The quantitative estimate of drug-likeness (QED) is 0.516. The lowest BCUT2D eigenvalue weighted by molar-refractivity contribution is -0.141. The Bertz CT molecular complexity index is 712. The highest BCUT2D eigenvalue weighted by Gasteiger charge is 2.18. The molecule has 0 atom stereocenters. The smallest absolute Gasteiger partial charge is 0.302 e. The summed E-state index contributed by atoms with van der Waals surface area (Å²) in [7, 11) is 0. The first kappa shape index (κ1) is 15.9. The maximum Gasteiger partial charge on any atom is 0.302 e. The second-order valence-corrected chi connectivity index (χ2v) is 5.44. The molecule has 5 nitrogen and oxygen atoms in total. The molecule has 2 heterocycles. The molecule has 0 aliphatic carbocycles. The van der Waals surface area contributed by atoms with E-state index in [1.54, 1.807) is 0 Å². The van der Waals surface area contributed by atoms with Crippen LogP contribution in [0.15, 0.2) is 60.9 Å². The molecule has 0 radical (unpaired) electrons. The molecule has 124 valence electrons. The average Bonchev–Trinajstić information content (AvgIpc) is 3.27. The minimum atomic E-state index is -0.298. The van der Waals surface area contributed by atoms with Crippen LogP contribution in [0.5, 0.6) is 5.75 Å². The zero-order chi connectivity index (χ0) is 16.8. The van der Waals surface area contributed by atoms with Crippen molar-refractivity contribution in [1.29, 1.82) is 0 Å². The number of aromatic amines is 2. The average molecular weight is 324 g/mol. The molecule has 0 bridgehead atoms. The maximum atomic E-state index is 10.7. The molecule has 1 aromatic carbocycles. The Morgan fingerprint density at radius 2 is 1.58 bits per heavy atom. The lowest BCUT2D eigenvalue weighted by Crippen LogP contribution is -2.09. The fourth-order valence-electron chi connectivity index (χ4n) is 2.68. The van der Waals surface area contributed by atoms with Crippen molar-refractivity contribution in [1.82, 2.24) is 9.97 Å². The highest BCUT2D eigenvalue weighted by molar-refractivity contribution is 5.65. The van der Waals surface area contributed by atoms with E-state index < -0.39 is 0 Å². The molecule has 0 spiro atoms. The third kappa shape index (κ3) is 3.87. The van der Waals surface area contributed by atoms with Crippen LogP contribution in [-0.2, 0) is 9.53 Å². The molecule has 0 saturated heterocycles. The van der Waals surface area contributed by atoms with Crippen LogP contribution in [-0.4, -0.2) is 29.2 Å². The zero-order valence-corrected chi connectivity index (χ0v) is 13.5. The molecule has 3 aromatic rings. The first-order chi connectivity index (χ1) is 11.7. The number of benzene rings is 1. The molecular weight excluding hydrogens is 304 g/mol. The van der Waals surface area contributed by atoms with Gasteiger partial charge in [-0.15, -0.1) is 0 Å². The number of aromatic nitrogens is 2. The summed E-state index contributed by atoms with van der Waals surface area (Å²) in [6.07, 6.45) is 3.86. The van der Waals surface area contributed by atoms with E-state index in [1.807, 2.05) is 48.8 Å². The van der Waals surface area contributed by atoms with Crippen molar-refractivity contribution in [2.75, 3.05) is 13.2 Å². The van der Waals surface area contributed by atoms with Crippen molar-refractivity contribution in [2.24, 2.45) is 0 Å². The highest BCUT2D eigenvalue weighted by atomic mass is 16.6. The van der Waals surface area contributed by atoms with Crippen LogP contribution < -0.4 is 4.74 Å². The number of ether oxygens (including phenoxy) is 2. The Kier molecular flexibility index (Phi) is 5.01. The molecule has 0 amide bonds. The summed E-state index contributed by atoms with van der Waals surface area (Å²) in [6.45, 7) is 1.98. The van der Waals surface area contributed by atoms with Crippen LogP contribution in [0.25, 0.3) is 0 Å².